The summed E-state index contributed by atoms with van der Waals surface area (Å²) in [5.74, 6) is 0.824. The number of hydrogen-bond acceptors (Lipinski definition) is 8. The van der Waals surface area contributed by atoms with Gasteiger partial charge >= 0.3 is 0 Å². The summed E-state index contributed by atoms with van der Waals surface area (Å²) in [7, 11) is 0. The van der Waals surface area contributed by atoms with Crippen molar-refractivity contribution in [3.63, 3.8) is 0 Å². The molecule has 4 aromatic heterocycles. The molecule has 1 N–H and O–H groups in total. The summed E-state index contributed by atoms with van der Waals surface area (Å²) in [5, 5.41) is 16.3. The summed E-state index contributed by atoms with van der Waals surface area (Å²) in [6.07, 6.45) is 5.86. The van der Waals surface area contributed by atoms with Crippen molar-refractivity contribution >= 4 is 28.6 Å². The fourth-order valence-electron chi connectivity index (χ4n) is 5.02. The second-order valence-corrected chi connectivity index (χ2v) is 10.5. The number of ketones is 1. The second kappa shape index (κ2) is 11.1. The predicted molar refractivity (Wildman–Crippen MR) is 148 cm³/mol. The number of rotatable bonds is 11. The van der Waals surface area contributed by atoms with Crippen LogP contribution in [0, 0.1) is 0 Å². The van der Waals surface area contributed by atoms with E-state index in [0.717, 1.165) is 54.4 Å². The molecule has 1 aliphatic heterocycles. The number of Topliss-reactive ketones (excluding diaryl/α,β-unsaturated/α-hetero) is 1. The minimum Gasteiger partial charge on any atom is -0.394 e. The molecule has 2 atom stereocenters. The third kappa shape index (κ3) is 5.16. The maximum atomic E-state index is 13.4. The van der Waals surface area contributed by atoms with E-state index in [1.165, 1.54) is 0 Å². The minimum absolute atomic E-state index is 0.0286. The number of carbonyl (C=O) groups excluding carboxylic acids is 1. The number of pyridine rings is 1. The number of aromatic nitrogens is 4. The van der Waals surface area contributed by atoms with Crippen molar-refractivity contribution in [2.75, 3.05) is 31.1 Å². The zero-order valence-electron chi connectivity index (χ0n) is 21.7. The molecule has 0 radical (unpaired) electrons. The van der Waals surface area contributed by atoms with Gasteiger partial charge in [-0.2, -0.15) is 5.10 Å². The van der Waals surface area contributed by atoms with E-state index >= 15 is 0 Å². The van der Waals surface area contributed by atoms with Crippen molar-refractivity contribution in [3.05, 3.63) is 53.7 Å². The Morgan fingerprint density at radius 3 is 2.73 bits per heavy atom. The molecule has 5 heterocycles. The smallest absolute Gasteiger partial charge is 0.165 e. The number of fused-ring (bicyclic) bond motifs is 1. The number of aliphatic hydroxyl groups is 1. The fourth-order valence-corrected chi connectivity index (χ4v) is 5.71. The van der Waals surface area contributed by atoms with Crippen molar-refractivity contribution in [2.45, 2.75) is 52.1 Å². The van der Waals surface area contributed by atoms with Gasteiger partial charge in [0.25, 0.3) is 0 Å². The van der Waals surface area contributed by atoms with E-state index in [9.17, 15) is 9.90 Å². The Balaban J connectivity index is 1.51. The highest BCUT2D eigenvalue weighted by Gasteiger charge is 2.29. The van der Waals surface area contributed by atoms with E-state index in [-0.39, 0.29) is 18.4 Å². The highest BCUT2D eigenvalue weighted by molar-refractivity contribution is 7.13. The van der Waals surface area contributed by atoms with Gasteiger partial charge in [-0.25, -0.2) is 14.5 Å². The van der Waals surface area contributed by atoms with Crippen LogP contribution in [-0.2, 0) is 0 Å². The summed E-state index contributed by atoms with van der Waals surface area (Å²) in [6, 6.07) is 10.1. The molecule has 0 unspecified atom stereocenters. The molecule has 0 saturated carbocycles. The van der Waals surface area contributed by atoms with Gasteiger partial charge in [0.05, 0.1) is 40.7 Å². The molecule has 0 spiro atoms. The van der Waals surface area contributed by atoms with Crippen LogP contribution in [0.2, 0.25) is 0 Å². The summed E-state index contributed by atoms with van der Waals surface area (Å²) in [5.41, 5.74) is 3.68. The third-order valence-corrected chi connectivity index (χ3v) is 8.32. The van der Waals surface area contributed by atoms with Crippen LogP contribution in [0.1, 0.15) is 50.4 Å². The van der Waals surface area contributed by atoms with Crippen LogP contribution in [0.3, 0.4) is 0 Å². The molecule has 1 aliphatic rings. The van der Waals surface area contributed by atoms with Crippen LogP contribution in [0.25, 0.3) is 27.5 Å². The first-order valence-electron chi connectivity index (χ1n) is 13.1. The van der Waals surface area contributed by atoms with Crippen LogP contribution in [0.4, 0.5) is 5.82 Å². The van der Waals surface area contributed by atoms with Crippen LogP contribution in [0.5, 0.6) is 0 Å². The summed E-state index contributed by atoms with van der Waals surface area (Å²) < 4.78 is 1.74. The lowest BCUT2D eigenvalue weighted by atomic mass is 10.00. The van der Waals surface area contributed by atoms with E-state index in [0.29, 0.717) is 29.4 Å². The van der Waals surface area contributed by atoms with Gasteiger partial charge < -0.3 is 14.9 Å². The Morgan fingerprint density at radius 2 is 2.05 bits per heavy atom. The number of anilines is 1. The molecule has 8 nitrogen and oxygen atoms in total. The molecule has 0 amide bonds. The summed E-state index contributed by atoms with van der Waals surface area (Å²) in [4.78, 5) is 28.8. The van der Waals surface area contributed by atoms with Gasteiger partial charge in [-0.05, 0) is 62.5 Å². The molecule has 0 aliphatic carbocycles. The number of aliphatic hydroxyl groups excluding tert-OH is 1. The Bertz CT molecular complexity index is 1360. The quantitative estimate of drug-likeness (QED) is 0.286. The monoisotopic (exact) mass is 518 g/mol. The van der Waals surface area contributed by atoms with E-state index in [4.69, 9.17) is 9.97 Å². The van der Waals surface area contributed by atoms with Gasteiger partial charge in [0.1, 0.15) is 5.82 Å². The van der Waals surface area contributed by atoms with Crippen molar-refractivity contribution < 1.29 is 9.90 Å². The molecule has 1 fully saturated rings. The third-order valence-electron chi connectivity index (χ3n) is 7.43. The molecule has 1 saturated heterocycles. The number of carbonyl (C=O) groups is 1. The van der Waals surface area contributed by atoms with E-state index in [1.807, 2.05) is 41.9 Å². The van der Waals surface area contributed by atoms with Crippen molar-refractivity contribution in [3.8, 4) is 21.8 Å². The molecule has 194 valence electrons. The zero-order valence-corrected chi connectivity index (χ0v) is 22.5. The minimum atomic E-state index is 0.0286. The maximum Gasteiger partial charge on any atom is 0.165 e. The largest absolute Gasteiger partial charge is 0.394 e. The number of thiophene rings is 1. The van der Waals surface area contributed by atoms with Gasteiger partial charge in [-0.15, -0.1) is 11.3 Å². The average molecular weight is 519 g/mol. The molecule has 0 aromatic carbocycles. The molecule has 4 aromatic rings. The molecule has 9 heteroatoms. The normalized spacial score (nSPS) is 16.4. The van der Waals surface area contributed by atoms with Gasteiger partial charge in [-0.3, -0.25) is 4.79 Å². The van der Waals surface area contributed by atoms with Gasteiger partial charge in [0, 0.05) is 30.8 Å². The van der Waals surface area contributed by atoms with Crippen molar-refractivity contribution in [2.24, 2.45) is 0 Å². The molecular weight excluding hydrogens is 484 g/mol. The van der Waals surface area contributed by atoms with E-state index in [1.54, 1.807) is 22.0 Å². The Hall–Kier alpha value is -3.14. The molecular formula is C28H34N6O2S. The van der Waals surface area contributed by atoms with E-state index < -0.39 is 0 Å². The lowest BCUT2D eigenvalue weighted by molar-refractivity contribution is 0.0964. The average Bonchev–Trinajstić information content (AvgIpc) is 3.57. The van der Waals surface area contributed by atoms with Crippen LogP contribution >= 0.6 is 11.3 Å². The van der Waals surface area contributed by atoms with E-state index in [2.05, 4.69) is 35.7 Å². The summed E-state index contributed by atoms with van der Waals surface area (Å²) in [6.45, 7) is 9.32. The van der Waals surface area contributed by atoms with Crippen LogP contribution < -0.4 is 4.90 Å². The summed E-state index contributed by atoms with van der Waals surface area (Å²) >= 11 is 1.64. The van der Waals surface area contributed by atoms with Crippen LogP contribution in [-0.4, -0.2) is 73.7 Å². The standard InChI is InChI=1S/C28H34N6O2S/c1-4-32(5-2)19(3)8-9-25(36)20-15-24(30-27(16-20)33-12-10-21(33)18-35)22-17-29-34-13-11-23(31-28(22)34)26-7-6-14-37-26/h6-7,11,13-17,19,21,35H,4-5,8-10,12,18H2,1-3H3/t19-,21-/m0/s1. The highest BCUT2D eigenvalue weighted by atomic mass is 32.1. The Kier molecular flexibility index (Phi) is 7.64. The lowest BCUT2D eigenvalue weighted by Crippen LogP contribution is -2.50. The first-order chi connectivity index (χ1) is 18.0. The predicted octanol–water partition coefficient (Wildman–Crippen LogP) is 4.78. The van der Waals surface area contributed by atoms with Gasteiger partial charge in [0.2, 0.25) is 0 Å². The Morgan fingerprint density at radius 1 is 1.22 bits per heavy atom. The van der Waals surface area contributed by atoms with Crippen molar-refractivity contribution in [1.82, 2.24) is 24.5 Å². The molecule has 37 heavy (non-hydrogen) atoms. The number of hydrogen-bond donors (Lipinski definition) is 1. The zero-order chi connectivity index (χ0) is 25.9. The fraction of sp³-hybridized carbons (Fsp3) is 0.429. The van der Waals surface area contributed by atoms with Gasteiger partial charge in [0.15, 0.2) is 11.4 Å². The molecule has 0 bridgehead atoms. The highest BCUT2D eigenvalue weighted by Crippen LogP contribution is 2.32. The second-order valence-electron chi connectivity index (χ2n) is 9.57. The number of nitrogens with zero attached hydrogens (tertiary/aromatic N) is 6. The van der Waals surface area contributed by atoms with Crippen molar-refractivity contribution in [1.29, 1.82) is 0 Å². The first kappa shape index (κ1) is 25.5. The van der Waals surface area contributed by atoms with Gasteiger partial charge in [-0.1, -0.05) is 19.9 Å². The SMILES string of the molecule is CCN(CC)[C@@H](C)CCC(=O)c1cc(-c2cnn3ccc(-c4cccs4)nc23)nc(N2CC[C@H]2CO)c1. The Labute approximate surface area is 221 Å². The maximum absolute atomic E-state index is 13.4. The molecule has 5 rings (SSSR count). The van der Waals surface area contributed by atoms with Crippen LogP contribution in [0.15, 0.2) is 48.1 Å². The first-order valence-corrected chi connectivity index (χ1v) is 14.0. The lowest BCUT2D eigenvalue weighted by Gasteiger charge is -2.41. The topological polar surface area (TPSA) is 86.9 Å².